The number of aliphatic hydroxyl groups excluding tert-OH is 1. The number of benzene rings is 2. The molecule has 2 heterocycles. The van der Waals surface area contributed by atoms with Gasteiger partial charge in [0, 0.05) is 36.3 Å². The summed E-state index contributed by atoms with van der Waals surface area (Å²) in [6.45, 7) is 3.73. The molecule has 0 unspecified atom stereocenters. The molecule has 2 aromatic rings. The van der Waals surface area contributed by atoms with Crippen molar-refractivity contribution in [2.45, 2.75) is 82.5 Å². The van der Waals surface area contributed by atoms with Crippen molar-refractivity contribution >= 4 is 23.2 Å². The lowest BCUT2D eigenvalue weighted by Crippen LogP contribution is -2.57. The van der Waals surface area contributed by atoms with Gasteiger partial charge in [0.25, 0.3) is 5.69 Å². The van der Waals surface area contributed by atoms with Crippen molar-refractivity contribution in [3.05, 3.63) is 69.3 Å². The molecule has 0 bridgehead atoms. The standard InChI is InChI=1S/C27H31N3O5/c1-17(2)28-23-14-18(16-31)8-13-22(23)25-27(26(28)33,19-9-11-21(12-10-19)30(34)35)15-24(32)29(25)20-6-4-3-5-7-20/h8-14,17,20,25,31H,3-7,15-16H2,1-2H3/t25-,27-/m1/s1. The van der Waals surface area contributed by atoms with Crippen LogP contribution in [-0.4, -0.2) is 38.8 Å². The summed E-state index contributed by atoms with van der Waals surface area (Å²) in [6.07, 6.45) is 5.10. The first kappa shape index (κ1) is 23.5. The Kier molecular flexibility index (Phi) is 5.87. The van der Waals surface area contributed by atoms with Crippen LogP contribution in [0.4, 0.5) is 11.4 Å². The number of non-ortho nitro benzene ring substituents is 1. The van der Waals surface area contributed by atoms with Gasteiger partial charge in [-0.15, -0.1) is 0 Å². The summed E-state index contributed by atoms with van der Waals surface area (Å²) in [5.74, 6) is -0.211. The molecule has 0 radical (unpaired) electrons. The third-order valence-corrected chi connectivity index (χ3v) is 7.97. The highest BCUT2D eigenvalue weighted by Crippen LogP contribution is 2.58. The lowest BCUT2D eigenvalue weighted by molar-refractivity contribution is -0.384. The van der Waals surface area contributed by atoms with Crippen LogP contribution in [-0.2, 0) is 21.6 Å². The van der Waals surface area contributed by atoms with E-state index in [0.717, 1.165) is 43.4 Å². The van der Waals surface area contributed by atoms with Gasteiger partial charge in [0.1, 0.15) is 5.41 Å². The van der Waals surface area contributed by atoms with Gasteiger partial charge in [-0.3, -0.25) is 19.7 Å². The first-order valence-corrected chi connectivity index (χ1v) is 12.4. The van der Waals surface area contributed by atoms with E-state index in [4.69, 9.17) is 0 Å². The average Bonchev–Trinajstić information content (AvgIpc) is 3.18. The number of fused-ring (bicyclic) bond motifs is 3. The van der Waals surface area contributed by atoms with Crippen molar-refractivity contribution in [2.75, 3.05) is 4.90 Å². The van der Waals surface area contributed by atoms with Gasteiger partial charge in [-0.2, -0.15) is 0 Å². The molecule has 1 saturated heterocycles. The van der Waals surface area contributed by atoms with E-state index in [9.17, 15) is 24.8 Å². The van der Waals surface area contributed by atoms with Crippen molar-refractivity contribution in [3.8, 4) is 0 Å². The molecule has 2 aliphatic heterocycles. The van der Waals surface area contributed by atoms with Crippen LogP contribution in [0.3, 0.4) is 0 Å². The van der Waals surface area contributed by atoms with E-state index in [1.165, 1.54) is 12.1 Å². The second-order valence-corrected chi connectivity index (χ2v) is 10.3. The average molecular weight is 478 g/mol. The fourth-order valence-corrected chi connectivity index (χ4v) is 6.42. The number of carbonyl (C=O) groups is 2. The molecule has 2 fully saturated rings. The molecule has 0 spiro atoms. The lowest BCUT2D eigenvalue weighted by atomic mass is 9.67. The summed E-state index contributed by atoms with van der Waals surface area (Å²) in [5, 5.41) is 21.1. The minimum absolute atomic E-state index is 0.0369. The Morgan fingerprint density at radius 2 is 1.77 bits per heavy atom. The van der Waals surface area contributed by atoms with Gasteiger partial charge in [-0.05, 0) is 49.4 Å². The second kappa shape index (κ2) is 8.75. The fourth-order valence-electron chi connectivity index (χ4n) is 6.42. The number of amides is 2. The number of hydrogen-bond acceptors (Lipinski definition) is 5. The van der Waals surface area contributed by atoms with Crippen LogP contribution < -0.4 is 4.90 Å². The molecule has 0 aromatic heterocycles. The smallest absolute Gasteiger partial charge is 0.269 e. The van der Waals surface area contributed by atoms with E-state index in [-0.39, 0.29) is 42.6 Å². The molecule has 2 amide bonds. The van der Waals surface area contributed by atoms with Gasteiger partial charge in [0.2, 0.25) is 11.8 Å². The molecule has 8 heteroatoms. The van der Waals surface area contributed by atoms with E-state index in [2.05, 4.69) is 0 Å². The third kappa shape index (κ3) is 3.54. The van der Waals surface area contributed by atoms with E-state index in [0.29, 0.717) is 11.1 Å². The van der Waals surface area contributed by atoms with Gasteiger partial charge >= 0.3 is 0 Å². The molecule has 1 saturated carbocycles. The van der Waals surface area contributed by atoms with Crippen molar-refractivity contribution in [1.82, 2.24) is 4.90 Å². The topological polar surface area (TPSA) is 104 Å². The molecule has 1 N–H and O–H groups in total. The first-order valence-electron chi connectivity index (χ1n) is 12.4. The van der Waals surface area contributed by atoms with Crippen LogP contribution >= 0.6 is 0 Å². The van der Waals surface area contributed by atoms with Gasteiger partial charge in [0.05, 0.1) is 17.6 Å². The molecule has 1 aliphatic carbocycles. The third-order valence-electron chi connectivity index (χ3n) is 7.97. The monoisotopic (exact) mass is 477 g/mol. The quantitative estimate of drug-likeness (QED) is 0.508. The Labute approximate surface area is 204 Å². The van der Waals surface area contributed by atoms with Crippen LogP contribution in [0.5, 0.6) is 0 Å². The normalized spacial score (nSPS) is 24.6. The number of nitro groups is 1. The van der Waals surface area contributed by atoms with Crippen LogP contribution in [0, 0.1) is 10.1 Å². The van der Waals surface area contributed by atoms with Gasteiger partial charge in [-0.1, -0.05) is 43.5 Å². The number of anilines is 1. The second-order valence-electron chi connectivity index (χ2n) is 10.3. The summed E-state index contributed by atoms with van der Waals surface area (Å²) in [5.41, 5.74) is 1.75. The van der Waals surface area contributed by atoms with Crippen molar-refractivity contribution in [3.63, 3.8) is 0 Å². The zero-order valence-electron chi connectivity index (χ0n) is 20.1. The number of rotatable bonds is 5. The lowest BCUT2D eigenvalue weighted by Gasteiger charge is -2.49. The number of likely N-dealkylation sites (tertiary alicyclic amines) is 1. The van der Waals surface area contributed by atoms with Crippen molar-refractivity contribution < 1.29 is 19.6 Å². The van der Waals surface area contributed by atoms with Crippen LogP contribution in [0.15, 0.2) is 42.5 Å². The fraction of sp³-hybridized carbons (Fsp3) is 0.481. The van der Waals surface area contributed by atoms with E-state index in [1.807, 2.05) is 36.9 Å². The van der Waals surface area contributed by atoms with Gasteiger partial charge in [-0.25, -0.2) is 0 Å². The Morgan fingerprint density at radius 1 is 1.09 bits per heavy atom. The molecule has 2 aromatic carbocycles. The molecular weight excluding hydrogens is 446 g/mol. The van der Waals surface area contributed by atoms with Gasteiger partial charge < -0.3 is 14.9 Å². The maximum atomic E-state index is 14.5. The van der Waals surface area contributed by atoms with Crippen LogP contribution in [0.1, 0.15) is 75.1 Å². The Balaban J connectivity index is 1.76. The van der Waals surface area contributed by atoms with Crippen LogP contribution in [0.2, 0.25) is 0 Å². The predicted molar refractivity (Wildman–Crippen MR) is 131 cm³/mol. The van der Waals surface area contributed by atoms with E-state index >= 15 is 0 Å². The number of carbonyl (C=O) groups excluding carboxylic acids is 2. The van der Waals surface area contributed by atoms with E-state index in [1.54, 1.807) is 17.0 Å². The minimum atomic E-state index is -1.17. The highest BCUT2D eigenvalue weighted by molar-refractivity contribution is 6.10. The number of nitro benzene ring substituents is 1. The molecule has 5 rings (SSSR count). The zero-order valence-corrected chi connectivity index (χ0v) is 20.1. The molecule has 8 nitrogen and oxygen atoms in total. The molecule has 35 heavy (non-hydrogen) atoms. The zero-order chi connectivity index (χ0) is 24.9. The molecule has 3 aliphatic rings. The predicted octanol–water partition coefficient (Wildman–Crippen LogP) is 4.39. The highest BCUT2D eigenvalue weighted by atomic mass is 16.6. The number of aliphatic hydroxyl groups is 1. The number of hydrogen-bond donors (Lipinski definition) is 1. The summed E-state index contributed by atoms with van der Waals surface area (Å²) >= 11 is 0. The summed E-state index contributed by atoms with van der Waals surface area (Å²) in [7, 11) is 0. The van der Waals surface area contributed by atoms with Crippen LogP contribution in [0.25, 0.3) is 0 Å². The summed E-state index contributed by atoms with van der Waals surface area (Å²) in [6, 6.07) is 11.2. The Bertz CT molecular complexity index is 1170. The summed E-state index contributed by atoms with van der Waals surface area (Å²) < 4.78 is 0. The molecular formula is C27H31N3O5. The largest absolute Gasteiger partial charge is 0.392 e. The minimum Gasteiger partial charge on any atom is -0.392 e. The molecule has 184 valence electrons. The Hall–Kier alpha value is -3.26. The molecule has 2 atom stereocenters. The maximum Gasteiger partial charge on any atom is 0.269 e. The first-order chi connectivity index (χ1) is 16.8. The number of nitrogens with zero attached hydrogens (tertiary/aromatic N) is 3. The summed E-state index contributed by atoms with van der Waals surface area (Å²) in [4.78, 5) is 42.8. The van der Waals surface area contributed by atoms with Crippen molar-refractivity contribution in [2.24, 2.45) is 0 Å². The van der Waals surface area contributed by atoms with E-state index < -0.39 is 16.4 Å². The Morgan fingerprint density at radius 3 is 2.37 bits per heavy atom. The highest BCUT2D eigenvalue weighted by Gasteiger charge is 2.63. The maximum absolute atomic E-state index is 14.5. The SMILES string of the molecule is CC(C)N1C(=O)[C@@]2(c3ccc([N+](=O)[O-])cc3)CC(=O)N(C3CCCCC3)[C@@H]2c2ccc(CO)cc21. The van der Waals surface area contributed by atoms with Crippen molar-refractivity contribution in [1.29, 1.82) is 0 Å². The van der Waals surface area contributed by atoms with Gasteiger partial charge in [0.15, 0.2) is 0 Å².